The third-order valence-corrected chi connectivity index (χ3v) is 5.53. The number of benzene rings is 1. The number of amides is 2. The average molecular weight is 331 g/mol. The molecule has 1 aliphatic rings. The molecule has 1 saturated heterocycles. The van der Waals surface area contributed by atoms with Crippen molar-refractivity contribution >= 4 is 27.5 Å². The summed E-state index contributed by atoms with van der Waals surface area (Å²) in [7, 11) is 2.17. The molecule has 0 bridgehead atoms. The third kappa shape index (κ3) is 4.45. The predicted molar refractivity (Wildman–Crippen MR) is 96.9 cm³/mol. The van der Waals surface area contributed by atoms with Crippen molar-refractivity contribution in [2.45, 2.75) is 25.8 Å². The van der Waals surface area contributed by atoms with E-state index in [1.54, 1.807) is 11.3 Å². The van der Waals surface area contributed by atoms with E-state index in [0.717, 1.165) is 13.1 Å². The Labute approximate surface area is 141 Å². The zero-order valence-electron chi connectivity index (χ0n) is 13.7. The van der Waals surface area contributed by atoms with Crippen molar-refractivity contribution in [2.24, 2.45) is 5.92 Å². The van der Waals surface area contributed by atoms with Crippen molar-refractivity contribution in [2.75, 3.05) is 26.7 Å². The maximum Gasteiger partial charge on any atom is 0.315 e. The van der Waals surface area contributed by atoms with Gasteiger partial charge in [-0.05, 0) is 54.7 Å². The number of carbonyl (C=O) groups excluding carboxylic acids is 1. The minimum Gasteiger partial charge on any atom is -0.338 e. The van der Waals surface area contributed by atoms with Gasteiger partial charge in [0.05, 0.1) is 0 Å². The maximum absolute atomic E-state index is 12.1. The zero-order valence-corrected chi connectivity index (χ0v) is 14.5. The molecular weight excluding hydrogens is 306 g/mol. The van der Waals surface area contributed by atoms with Crippen LogP contribution in [0.1, 0.15) is 24.8 Å². The fourth-order valence-corrected chi connectivity index (χ4v) is 4.19. The van der Waals surface area contributed by atoms with Crippen LogP contribution >= 0.6 is 11.3 Å². The second kappa shape index (κ2) is 7.79. The van der Waals surface area contributed by atoms with Crippen LogP contribution in [0.25, 0.3) is 10.1 Å². The molecule has 2 N–H and O–H groups in total. The molecule has 1 unspecified atom stereocenters. The summed E-state index contributed by atoms with van der Waals surface area (Å²) in [6.07, 6.45) is 3.74. The van der Waals surface area contributed by atoms with E-state index in [2.05, 4.69) is 46.2 Å². The Balaban J connectivity index is 1.47. The van der Waals surface area contributed by atoms with E-state index < -0.39 is 0 Å². The normalized spacial score (nSPS) is 19.4. The molecule has 23 heavy (non-hydrogen) atoms. The Hall–Kier alpha value is -1.59. The molecule has 0 aliphatic carbocycles. The lowest BCUT2D eigenvalue weighted by atomic mass is 10.0. The highest BCUT2D eigenvalue weighted by Gasteiger charge is 2.16. The van der Waals surface area contributed by atoms with Crippen LogP contribution in [0.5, 0.6) is 0 Å². The fourth-order valence-electron chi connectivity index (χ4n) is 3.27. The van der Waals surface area contributed by atoms with E-state index >= 15 is 0 Å². The van der Waals surface area contributed by atoms with E-state index in [1.807, 2.05) is 6.07 Å². The van der Waals surface area contributed by atoms with Crippen LogP contribution < -0.4 is 10.6 Å². The number of urea groups is 1. The van der Waals surface area contributed by atoms with Crippen LogP contribution in [0.4, 0.5) is 4.79 Å². The van der Waals surface area contributed by atoms with E-state index in [9.17, 15) is 4.79 Å². The van der Waals surface area contributed by atoms with Crippen molar-refractivity contribution in [3.05, 3.63) is 35.2 Å². The average Bonchev–Trinajstić information content (AvgIpc) is 2.94. The summed E-state index contributed by atoms with van der Waals surface area (Å²) in [6.45, 7) is 3.59. The standard InChI is InChI=1S/C18H25N3OS/c1-21-9-3-2-5-14(13-21)11-19-18(22)20-12-16-7-4-6-15-8-10-23-17(15)16/h4,6-8,10,14H,2-3,5,9,11-13H2,1H3,(H2,19,20,22). The maximum atomic E-state index is 12.1. The number of carbonyl (C=O) groups is 1. The molecule has 0 radical (unpaired) electrons. The van der Waals surface area contributed by atoms with Crippen LogP contribution in [0.2, 0.25) is 0 Å². The van der Waals surface area contributed by atoms with Gasteiger partial charge in [-0.3, -0.25) is 0 Å². The first-order valence-corrected chi connectivity index (χ1v) is 9.25. The molecule has 2 aromatic rings. The topological polar surface area (TPSA) is 44.4 Å². The zero-order chi connectivity index (χ0) is 16.1. The molecule has 2 heterocycles. The first kappa shape index (κ1) is 16.3. The van der Waals surface area contributed by atoms with Crippen molar-refractivity contribution in [3.63, 3.8) is 0 Å². The molecular formula is C18H25N3OS. The van der Waals surface area contributed by atoms with Crippen molar-refractivity contribution in [3.8, 4) is 0 Å². The van der Waals surface area contributed by atoms with E-state index in [-0.39, 0.29) is 6.03 Å². The molecule has 0 spiro atoms. The Morgan fingerprint density at radius 2 is 2.22 bits per heavy atom. The minimum absolute atomic E-state index is 0.0644. The molecule has 1 atom stereocenters. The monoisotopic (exact) mass is 331 g/mol. The van der Waals surface area contributed by atoms with Crippen molar-refractivity contribution in [1.82, 2.24) is 15.5 Å². The second-order valence-corrected chi connectivity index (χ2v) is 7.36. The number of thiophene rings is 1. The summed E-state index contributed by atoms with van der Waals surface area (Å²) in [4.78, 5) is 14.4. The SMILES string of the molecule is CN1CCCCC(CNC(=O)NCc2cccc3ccsc23)C1. The lowest BCUT2D eigenvalue weighted by molar-refractivity contribution is 0.235. The fraction of sp³-hybridized carbons (Fsp3) is 0.500. The van der Waals surface area contributed by atoms with Gasteiger partial charge >= 0.3 is 6.03 Å². The summed E-state index contributed by atoms with van der Waals surface area (Å²) in [5.41, 5.74) is 1.18. The van der Waals surface area contributed by atoms with Crippen LogP contribution in [0.15, 0.2) is 29.6 Å². The summed E-state index contributed by atoms with van der Waals surface area (Å²) in [6, 6.07) is 8.29. The minimum atomic E-state index is -0.0644. The van der Waals surface area contributed by atoms with E-state index in [0.29, 0.717) is 12.5 Å². The quantitative estimate of drug-likeness (QED) is 0.901. The molecule has 2 amide bonds. The predicted octanol–water partition coefficient (Wildman–Crippen LogP) is 3.43. The van der Waals surface area contributed by atoms with Gasteiger partial charge in [-0.25, -0.2) is 4.79 Å². The summed E-state index contributed by atoms with van der Waals surface area (Å²) in [5, 5.41) is 9.37. The lowest BCUT2D eigenvalue weighted by Crippen LogP contribution is -2.39. The van der Waals surface area contributed by atoms with Crippen molar-refractivity contribution in [1.29, 1.82) is 0 Å². The number of hydrogen-bond acceptors (Lipinski definition) is 3. The number of nitrogens with zero attached hydrogens (tertiary/aromatic N) is 1. The molecule has 0 saturated carbocycles. The second-order valence-electron chi connectivity index (χ2n) is 6.44. The van der Waals surface area contributed by atoms with Crippen LogP contribution in [-0.4, -0.2) is 37.6 Å². The highest BCUT2D eigenvalue weighted by atomic mass is 32.1. The molecule has 1 aliphatic heterocycles. The van der Waals surface area contributed by atoms with Gasteiger partial charge in [-0.1, -0.05) is 24.6 Å². The Morgan fingerprint density at radius 1 is 1.30 bits per heavy atom. The van der Waals surface area contributed by atoms with Gasteiger partial charge in [0, 0.05) is 24.3 Å². The molecule has 1 aromatic carbocycles. The largest absolute Gasteiger partial charge is 0.338 e. The van der Waals surface area contributed by atoms with Crippen LogP contribution in [0, 0.1) is 5.92 Å². The van der Waals surface area contributed by atoms with E-state index in [4.69, 9.17) is 0 Å². The van der Waals surface area contributed by atoms with Crippen LogP contribution in [0.3, 0.4) is 0 Å². The molecule has 3 rings (SSSR count). The van der Waals surface area contributed by atoms with Gasteiger partial charge in [0.15, 0.2) is 0 Å². The highest BCUT2D eigenvalue weighted by Crippen LogP contribution is 2.24. The Kier molecular flexibility index (Phi) is 5.51. The Bertz CT molecular complexity index is 655. The number of fused-ring (bicyclic) bond motifs is 1. The van der Waals surface area contributed by atoms with E-state index in [1.165, 1.54) is 41.5 Å². The summed E-state index contributed by atoms with van der Waals surface area (Å²) in [5.74, 6) is 0.564. The van der Waals surface area contributed by atoms with Gasteiger partial charge in [0.1, 0.15) is 0 Å². The number of rotatable bonds is 4. The van der Waals surface area contributed by atoms with Crippen LogP contribution in [-0.2, 0) is 6.54 Å². The highest BCUT2D eigenvalue weighted by molar-refractivity contribution is 7.17. The lowest BCUT2D eigenvalue weighted by Gasteiger charge is -2.20. The summed E-state index contributed by atoms with van der Waals surface area (Å²) >= 11 is 1.73. The number of likely N-dealkylation sites (tertiary alicyclic amines) is 1. The van der Waals surface area contributed by atoms with Crippen molar-refractivity contribution < 1.29 is 4.79 Å². The smallest absolute Gasteiger partial charge is 0.315 e. The molecule has 124 valence electrons. The first-order valence-electron chi connectivity index (χ1n) is 8.38. The molecule has 1 aromatic heterocycles. The molecule has 5 heteroatoms. The van der Waals surface area contributed by atoms with Gasteiger partial charge < -0.3 is 15.5 Å². The van der Waals surface area contributed by atoms with Gasteiger partial charge in [0.2, 0.25) is 0 Å². The Morgan fingerprint density at radius 3 is 3.13 bits per heavy atom. The molecule has 4 nitrogen and oxygen atoms in total. The number of hydrogen-bond donors (Lipinski definition) is 2. The first-order chi connectivity index (χ1) is 11.2. The van der Waals surface area contributed by atoms with Gasteiger partial charge in [-0.15, -0.1) is 11.3 Å². The summed E-state index contributed by atoms with van der Waals surface area (Å²) < 4.78 is 1.26. The third-order valence-electron chi connectivity index (χ3n) is 4.52. The number of nitrogens with one attached hydrogen (secondary N) is 2. The van der Waals surface area contributed by atoms with Gasteiger partial charge in [0.25, 0.3) is 0 Å². The van der Waals surface area contributed by atoms with Gasteiger partial charge in [-0.2, -0.15) is 0 Å². The molecule has 1 fully saturated rings.